The van der Waals surface area contributed by atoms with E-state index in [2.05, 4.69) is 52.5 Å². The van der Waals surface area contributed by atoms with E-state index < -0.39 is 0 Å². The van der Waals surface area contributed by atoms with Crippen molar-refractivity contribution in [3.63, 3.8) is 0 Å². The van der Waals surface area contributed by atoms with Gasteiger partial charge in [0.25, 0.3) is 0 Å². The summed E-state index contributed by atoms with van der Waals surface area (Å²) in [6.45, 7) is 3.97. The van der Waals surface area contributed by atoms with Crippen LogP contribution in [0.4, 0.5) is 5.82 Å². The van der Waals surface area contributed by atoms with Crippen LogP contribution in [0, 0.1) is 5.92 Å². The molecule has 1 saturated carbocycles. The number of nitrogens with one attached hydrogen (secondary N) is 3. The van der Waals surface area contributed by atoms with Crippen molar-refractivity contribution in [1.29, 1.82) is 0 Å². The predicted molar refractivity (Wildman–Crippen MR) is 150 cm³/mol. The number of fused-ring (bicyclic) bond motifs is 2. The second kappa shape index (κ2) is 10.1. The summed E-state index contributed by atoms with van der Waals surface area (Å²) in [7, 11) is 0. The minimum Gasteiger partial charge on any atom is -0.355 e. The van der Waals surface area contributed by atoms with Gasteiger partial charge in [-0.3, -0.25) is 10.1 Å². The Kier molecular flexibility index (Phi) is 6.21. The van der Waals surface area contributed by atoms with E-state index in [1.807, 2.05) is 30.9 Å². The van der Waals surface area contributed by atoms with Crippen LogP contribution in [0.3, 0.4) is 0 Å². The highest BCUT2D eigenvalue weighted by atomic mass is 15.2. The molecular formula is C29H33N9. The third-order valence-electron chi connectivity index (χ3n) is 8.05. The van der Waals surface area contributed by atoms with Crippen LogP contribution in [-0.4, -0.2) is 54.8 Å². The lowest BCUT2D eigenvalue weighted by Crippen LogP contribution is -2.30. The molecule has 2 aliphatic rings. The summed E-state index contributed by atoms with van der Waals surface area (Å²) in [4.78, 5) is 24.7. The molecule has 9 nitrogen and oxygen atoms in total. The zero-order valence-electron chi connectivity index (χ0n) is 21.6. The number of hydrogen-bond donors (Lipinski definition) is 3. The van der Waals surface area contributed by atoms with Gasteiger partial charge in [0, 0.05) is 55.5 Å². The van der Waals surface area contributed by atoms with Crippen molar-refractivity contribution >= 4 is 27.9 Å². The fourth-order valence-corrected chi connectivity index (χ4v) is 5.99. The van der Waals surface area contributed by atoms with Crippen molar-refractivity contribution in [1.82, 2.24) is 40.4 Å². The molecule has 7 rings (SSSR count). The van der Waals surface area contributed by atoms with Crippen LogP contribution in [0.2, 0.25) is 0 Å². The molecule has 38 heavy (non-hydrogen) atoms. The Morgan fingerprint density at radius 2 is 1.82 bits per heavy atom. The lowest BCUT2D eigenvalue weighted by atomic mass is 10.1. The molecule has 5 aromatic rings. The van der Waals surface area contributed by atoms with E-state index in [1.165, 1.54) is 50.5 Å². The van der Waals surface area contributed by atoms with Crippen LogP contribution < -0.4 is 10.2 Å². The largest absolute Gasteiger partial charge is 0.355 e. The lowest BCUT2D eigenvalue weighted by molar-refractivity contribution is 0.489. The molecular weight excluding hydrogens is 474 g/mol. The van der Waals surface area contributed by atoms with E-state index in [4.69, 9.17) is 4.98 Å². The zero-order valence-corrected chi connectivity index (χ0v) is 21.6. The fraction of sp³-hybridized carbons (Fsp3) is 0.414. The highest BCUT2D eigenvalue weighted by Gasteiger charge is 2.20. The Balaban J connectivity index is 1.18. The van der Waals surface area contributed by atoms with Gasteiger partial charge in [-0.1, -0.05) is 12.8 Å². The third-order valence-corrected chi connectivity index (χ3v) is 8.05. The number of piperidine rings is 1. The summed E-state index contributed by atoms with van der Waals surface area (Å²) in [5, 5.41) is 12.2. The number of H-pyrrole nitrogens is 2. The van der Waals surface area contributed by atoms with Gasteiger partial charge < -0.3 is 15.2 Å². The van der Waals surface area contributed by atoms with Crippen LogP contribution in [-0.2, 0) is 6.54 Å². The Bertz CT molecular complexity index is 1560. The molecule has 1 aliphatic carbocycles. The van der Waals surface area contributed by atoms with Crippen molar-refractivity contribution in [3.05, 3.63) is 48.5 Å². The number of imidazole rings is 1. The molecule has 0 radical (unpaired) electrons. The van der Waals surface area contributed by atoms with Gasteiger partial charge in [-0.05, 0) is 68.3 Å². The van der Waals surface area contributed by atoms with Gasteiger partial charge in [0.2, 0.25) is 0 Å². The number of rotatable bonds is 7. The number of anilines is 1. The van der Waals surface area contributed by atoms with E-state index in [1.54, 1.807) is 0 Å². The molecule has 0 bridgehead atoms. The van der Waals surface area contributed by atoms with E-state index in [-0.39, 0.29) is 0 Å². The average Bonchev–Trinajstić information content (AvgIpc) is 3.73. The van der Waals surface area contributed by atoms with Crippen molar-refractivity contribution < 1.29 is 0 Å². The van der Waals surface area contributed by atoms with Gasteiger partial charge in [-0.15, -0.1) is 0 Å². The normalized spacial score (nSPS) is 16.7. The monoisotopic (exact) mass is 507 g/mol. The minimum atomic E-state index is 0.668. The maximum absolute atomic E-state index is 4.98. The first-order valence-electron chi connectivity index (χ1n) is 13.9. The van der Waals surface area contributed by atoms with E-state index >= 15 is 0 Å². The fourth-order valence-electron chi connectivity index (χ4n) is 5.99. The Labute approximate surface area is 221 Å². The SMILES string of the molecule is c1cc2[nH]c(-c3[nH]nc4ncc(-c5cncc(CNCC6CCCC6)c5)cc34)nc2c(N2CCCCC2)n1. The number of nitrogens with zero attached hydrogens (tertiary/aromatic N) is 6. The number of hydrogen-bond acceptors (Lipinski definition) is 7. The first-order chi connectivity index (χ1) is 18.8. The maximum Gasteiger partial charge on any atom is 0.181 e. The van der Waals surface area contributed by atoms with Gasteiger partial charge in [0.1, 0.15) is 11.2 Å². The smallest absolute Gasteiger partial charge is 0.181 e. The van der Waals surface area contributed by atoms with Crippen LogP contribution in [0.15, 0.2) is 43.0 Å². The average molecular weight is 508 g/mol. The maximum atomic E-state index is 4.98. The summed E-state index contributed by atoms with van der Waals surface area (Å²) in [6, 6.07) is 6.32. The summed E-state index contributed by atoms with van der Waals surface area (Å²) >= 11 is 0. The van der Waals surface area contributed by atoms with Crippen LogP contribution >= 0.6 is 0 Å². The number of aromatic nitrogens is 7. The molecule has 0 unspecified atom stereocenters. The van der Waals surface area contributed by atoms with Gasteiger partial charge in [0.15, 0.2) is 17.3 Å². The first kappa shape index (κ1) is 23.3. The third kappa shape index (κ3) is 4.51. The molecule has 6 heterocycles. The Morgan fingerprint density at radius 1 is 0.947 bits per heavy atom. The molecule has 0 spiro atoms. The molecule has 1 saturated heterocycles. The number of pyridine rings is 3. The minimum absolute atomic E-state index is 0.668. The zero-order chi connectivity index (χ0) is 25.3. The van der Waals surface area contributed by atoms with Crippen LogP contribution in [0.1, 0.15) is 50.5 Å². The van der Waals surface area contributed by atoms with E-state index in [9.17, 15) is 0 Å². The van der Waals surface area contributed by atoms with Crippen molar-refractivity contribution in [2.75, 3.05) is 24.5 Å². The Morgan fingerprint density at radius 3 is 2.71 bits per heavy atom. The molecule has 3 N–H and O–H groups in total. The second-order valence-corrected chi connectivity index (χ2v) is 10.7. The van der Waals surface area contributed by atoms with Crippen LogP contribution in [0.5, 0.6) is 0 Å². The summed E-state index contributed by atoms with van der Waals surface area (Å²) in [5.74, 6) is 2.52. The molecule has 0 atom stereocenters. The predicted octanol–water partition coefficient (Wildman–Crippen LogP) is 5.23. The summed E-state index contributed by atoms with van der Waals surface area (Å²) in [5.41, 5.74) is 6.62. The summed E-state index contributed by atoms with van der Waals surface area (Å²) < 4.78 is 0. The van der Waals surface area contributed by atoms with Crippen molar-refractivity contribution in [3.8, 4) is 22.6 Å². The van der Waals surface area contributed by atoms with Gasteiger partial charge in [0.05, 0.1) is 10.9 Å². The van der Waals surface area contributed by atoms with Gasteiger partial charge in [-0.25, -0.2) is 15.0 Å². The quantitative estimate of drug-likeness (QED) is 0.277. The van der Waals surface area contributed by atoms with Gasteiger partial charge in [-0.2, -0.15) is 5.10 Å². The standard InChI is InChI=1S/C29H33N9/c1-4-10-38(11-5-1)29-26-24(8-9-32-29)34-28(35-26)25-23-13-22(18-33-27(23)37-36-25)21-12-20(16-31-17-21)15-30-14-19-6-2-3-7-19/h8-9,12-13,16-19,30H,1-7,10-11,14-15H2,(H,34,35)(H,33,36,37). The molecule has 194 valence electrons. The second-order valence-electron chi connectivity index (χ2n) is 10.7. The molecule has 1 aliphatic heterocycles. The van der Waals surface area contributed by atoms with E-state index in [0.29, 0.717) is 5.65 Å². The molecule has 2 fully saturated rings. The van der Waals surface area contributed by atoms with Crippen LogP contribution in [0.25, 0.3) is 44.7 Å². The highest BCUT2D eigenvalue weighted by molar-refractivity contribution is 5.95. The number of aromatic amines is 2. The van der Waals surface area contributed by atoms with Crippen molar-refractivity contribution in [2.45, 2.75) is 51.5 Å². The summed E-state index contributed by atoms with van der Waals surface area (Å²) in [6.07, 6.45) is 16.7. The molecule has 5 aromatic heterocycles. The first-order valence-corrected chi connectivity index (χ1v) is 13.9. The van der Waals surface area contributed by atoms with Gasteiger partial charge >= 0.3 is 0 Å². The highest BCUT2D eigenvalue weighted by Crippen LogP contribution is 2.32. The van der Waals surface area contributed by atoms with Crippen molar-refractivity contribution in [2.24, 2.45) is 5.92 Å². The Hall–Kier alpha value is -3.85. The molecule has 0 aromatic carbocycles. The lowest BCUT2D eigenvalue weighted by Gasteiger charge is -2.27. The topological polar surface area (TPSA) is 111 Å². The molecule has 0 amide bonds. The van der Waals surface area contributed by atoms with E-state index in [0.717, 1.165) is 77.0 Å². The molecule has 9 heteroatoms.